The highest BCUT2D eigenvalue weighted by atomic mass is 16.5. The molecule has 1 rings (SSSR count). The Hall–Kier alpha value is -1.60. The summed E-state index contributed by atoms with van der Waals surface area (Å²) in [7, 11) is 0. The van der Waals surface area contributed by atoms with Crippen molar-refractivity contribution in [2.24, 2.45) is 5.73 Å². The van der Waals surface area contributed by atoms with Crippen molar-refractivity contribution < 1.29 is 4.74 Å². The van der Waals surface area contributed by atoms with E-state index in [-0.39, 0.29) is 5.54 Å². The lowest BCUT2D eigenvalue weighted by Crippen LogP contribution is -2.44. The van der Waals surface area contributed by atoms with E-state index in [1.807, 2.05) is 19.9 Å². The number of nitrogens with zero attached hydrogens (tertiary/aromatic N) is 2. The van der Waals surface area contributed by atoms with Crippen molar-refractivity contribution in [3.8, 4) is 11.9 Å². The van der Waals surface area contributed by atoms with Crippen molar-refractivity contribution >= 4 is 0 Å². The van der Waals surface area contributed by atoms with Crippen LogP contribution in [0.3, 0.4) is 0 Å². The third-order valence-electron chi connectivity index (χ3n) is 2.78. The van der Waals surface area contributed by atoms with Gasteiger partial charge in [-0.1, -0.05) is 13.8 Å². The van der Waals surface area contributed by atoms with E-state index in [1.165, 1.54) is 0 Å². The van der Waals surface area contributed by atoms with Gasteiger partial charge in [0.25, 0.3) is 0 Å². The van der Waals surface area contributed by atoms with E-state index in [0.717, 1.165) is 12.8 Å². The quantitative estimate of drug-likeness (QED) is 0.820. The molecule has 0 bridgehead atoms. The summed E-state index contributed by atoms with van der Waals surface area (Å²) in [6.45, 7) is 4.49. The van der Waals surface area contributed by atoms with Crippen molar-refractivity contribution in [1.82, 2.24) is 4.98 Å². The van der Waals surface area contributed by atoms with E-state index in [2.05, 4.69) is 4.98 Å². The molecule has 0 unspecified atom stereocenters. The van der Waals surface area contributed by atoms with E-state index in [1.54, 1.807) is 18.3 Å². The molecule has 0 radical (unpaired) electrons. The average molecular weight is 219 g/mol. The lowest BCUT2D eigenvalue weighted by atomic mass is 9.96. The Morgan fingerprint density at radius 3 is 2.75 bits per heavy atom. The van der Waals surface area contributed by atoms with Gasteiger partial charge in [0, 0.05) is 17.8 Å². The number of hydrogen-bond donors (Lipinski definition) is 1. The van der Waals surface area contributed by atoms with Gasteiger partial charge in [0.15, 0.2) is 0 Å². The Kier molecular flexibility index (Phi) is 4.27. The number of nitriles is 1. The Balaban J connectivity index is 2.64. The first kappa shape index (κ1) is 12.5. The van der Waals surface area contributed by atoms with Crippen molar-refractivity contribution in [3.05, 3.63) is 23.9 Å². The minimum atomic E-state index is -0.315. The van der Waals surface area contributed by atoms with Gasteiger partial charge >= 0.3 is 0 Å². The van der Waals surface area contributed by atoms with Crippen molar-refractivity contribution in [2.75, 3.05) is 6.61 Å². The molecule has 4 heteroatoms. The van der Waals surface area contributed by atoms with E-state index >= 15 is 0 Å². The highest BCUT2D eigenvalue weighted by Gasteiger charge is 2.21. The molecule has 0 amide bonds. The lowest BCUT2D eigenvalue weighted by Gasteiger charge is -2.26. The molecule has 0 fully saturated rings. The van der Waals surface area contributed by atoms with Gasteiger partial charge < -0.3 is 10.5 Å². The van der Waals surface area contributed by atoms with Gasteiger partial charge in [-0.2, -0.15) is 5.26 Å². The maximum Gasteiger partial charge on any atom is 0.214 e. The fraction of sp³-hybridized carbons (Fsp3) is 0.500. The molecule has 16 heavy (non-hydrogen) atoms. The summed E-state index contributed by atoms with van der Waals surface area (Å²) in [6.07, 6.45) is 3.26. The molecule has 1 aromatic heterocycles. The summed E-state index contributed by atoms with van der Waals surface area (Å²) in [5, 5.41) is 8.72. The van der Waals surface area contributed by atoms with Crippen LogP contribution < -0.4 is 10.5 Å². The molecule has 0 atom stereocenters. The second-order valence-corrected chi connectivity index (χ2v) is 3.85. The molecule has 0 aliphatic heterocycles. The van der Waals surface area contributed by atoms with Crippen LogP contribution >= 0.6 is 0 Å². The molecule has 0 saturated heterocycles. The van der Waals surface area contributed by atoms with Crippen LogP contribution in [-0.2, 0) is 0 Å². The minimum Gasteiger partial charge on any atom is -0.476 e. The summed E-state index contributed by atoms with van der Waals surface area (Å²) >= 11 is 0. The predicted octanol–water partition coefficient (Wildman–Crippen LogP) is 1.85. The number of nitrogens with two attached hydrogens (primary N) is 1. The Bertz CT molecular complexity index is 380. The van der Waals surface area contributed by atoms with Gasteiger partial charge in [-0.05, 0) is 18.9 Å². The summed E-state index contributed by atoms with van der Waals surface area (Å²) in [5.74, 6) is 0.454. The van der Waals surface area contributed by atoms with Crippen molar-refractivity contribution in [3.63, 3.8) is 0 Å². The summed E-state index contributed by atoms with van der Waals surface area (Å²) in [5.41, 5.74) is 6.32. The number of hydrogen-bond acceptors (Lipinski definition) is 4. The zero-order valence-electron chi connectivity index (χ0n) is 9.73. The molecule has 0 spiro atoms. The third-order valence-corrected chi connectivity index (χ3v) is 2.78. The van der Waals surface area contributed by atoms with Gasteiger partial charge in [-0.25, -0.2) is 4.98 Å². The van der Waals surface area contributed by atoms with Crippen molar-refractivity contribution in [2.45, 2.75) is 32.2 Å². The summed E-state index contributed by atoms with van der Waals surface area (Å²) in [4.78, 5) is 4.03. The second-order valence-electron chi connectivity index (χ2n) is 3.85. The van der Waals surface area contributed by atoms with Crippen LogP contribution in [0, 0.1) is 11.3 Å². The maximum atomic E-state index is 8.72. The van der Waals surface area contributed by atoms with Crippen LogP contribution in [0.1, 0.15) is 32.3 Å². The Morgan fingerprint density at radius 1 is 1.50 bits per heavy atom. The van der Waals surface area contributed by atoms with Crippen LogP contribution in [0.2, 0.25) is 0 Å². The number of pyridine rings is 1. The lowest BCUT2D eigenvalue weighted by molar-refractivity contribution is 0.201. The number of aromatic nitrogens is 1. The molecule has 0 aliphatic rings. The fourth-order valence-corrected chi connectivity index (χ4v) is 1.23. The van der Waals surface area contributed by atoms with Gasteiger partial charge in [-0.15, -0.1) is 0 Å². The molecule has 0 saturated carbocycles. The smallest absolute Gasteiger partial charge is 0.214 e. The zero-order chi connectivity index (χ0) is 12.0. The normalized spacial score (nSPS) is 10.9. The minimum absolute atomic E-state index is 0.315. The molecule has 0 aromatic carbocycles. The van der Waals surface area contributed by atoms with E-state index < -0.39 is 0 Å². The second kappa shape index (κ2) is 5.47. The Labute approximate surface area is 96.1 Å². The third kappa shape index (κ3) is 3.21. The maximum absolute atomic E-state index is 8.72. The topological polar surface area (TPSA) is 71.9 Å². The van der Waals surface area contributed by atoms with Gasteiger partial charge in [-0.3, -0.25) is 0 Å². The molecule has 0 aliphatic carbocycles. The van der Waals surface area contributed by atoms with E-state index in [4.69, 9.17) is 15.7 Å². The highest BCUT2D eigenvalue weighted by molar-refractivity contribution is 5.31. The van der Waals surface area contributed by atoms with Gasteiger partial charge in [0.2, 0.25) is 5.88 Å². The van der Waals surface area contributed by atoms with Crippen LogP contribution in [0.4, 0.5) is 0 Å². The van der Waals surface area contributed by atoms with E-state index in [9.17, 15) is 0 Å². The fourth-order valence-electron chi connectivity index (χ4n) is 1.23. The summed E-state index contributed by atoms with van der Waals surface area (Å²) in [6, 6.07) is 5.30. The predicted molar refractivity (Wildman–Crippen MR) is 61.9 cm³/mol. The van der Waals surface area contributed by atoms with E-state index in [0.29, 0.717) is 18.1 Å². The molecular formula is C12H17N3O. The van der Waals surface area contributed by atoms with Crippen molar-refractivity contribution in [1.29, 1.82) is 5.26 Å². The molecule has 4 nitrogen and oxygen atoms in total. The highest BCUT2D eigenvalue weighted by Crippen LogP contribution is 2.15. The standard InChI is InChI=1S/C12H17N3O/c1-3-12(14,4-2)9-16-11-7-10(8-13)5-6-15-11/h5-7H,3-4,9,14H2,1-2H3. The van der Waals surface area contributed by atoms with Gasteiger partial charge in [0.1, 0.15) is 6.61 Å². The molecule has 1 aromatic rings. The first-order valence-corrected chi connectivity index (χ1v) is 5.41. The molecule has 2 N–H and O–H groups in total. The zero-order valence-corrected chi connectivity index (χ0v) is 9.73. The SMILES string of the molecule is CCC(N)(CC)COc1cc(C#N)ccn1. The Morgan fingerprint density at radius 2 is 2.19 bits per heavy atom. The first-order valence-electron chi connectivity index (χ1n) is 5.41. The first-order chi connectivity index (χ1) is 7.63. The number of ether oxygens (including phenoxy) is 1. The molecule has 1 heterocycles. The van der Waals surface area contributed by atoms with Gasteiger partial charge in [0.05, 0.1) is 11.6 Å². The van der Waals surface area contributed by atoms with Crippen LogP contribution in [0.5, 0.6) is 5.88 Å². The average Bonchev–Trinajstić information content (AvgIpc) is 2.36. The number of rotatable bonds is 5. The monoisotopic (exact) mass is 219 g/mol. The summed E-state index contributed by atoms with van der Waals surface area (Å²) < 4.78 is 5.51. The van der Waals surface area contributed by atoms with Crippen LogP contribution in [0.25, 0.3) is 0 Å². The van der Waals surface area contributed by atoms with Crippen LogP contribution in [-0.4, -0.2) is 17.1 Å². The van der Waals surface area contributed by atoms with Crippen LogP contribution in [0.15, 0.2) is 18.3 Å². The molecular weight excluding hydrogens is 202 g/mol. The largest absolute Gasteiger partial charge is 0.476 e. The molecule has 86 valence electrons.